The highest BCUT2D eigenvalue weighted by atomic mass is 79.9. The van der Waals surface area contributed by atoms with E-state index >= 15 is 0 Å². The molecule has 0 saturated carbocycles. The molecule has 66 valence electrons. The van der Waals surface area contributed by atoms with Gasteiger partial charge < -0.3 is 9.47 Å². The first-order valence-electron chi connectivity index (χ1n) is 4.07. The van der Waals surface area contributed by atoms with Gasteiger partial charge in [-0.3, -0.25) is 0 Å². The summed E-state index contributed by atoms with van der Waals surface area (Å²) >= 11 is 3.43. The molecule has 0 saturated heterocycles. The Morgan fingerprint density at radius 1 is 1.42 bits per heavy atom. The predicted molar refractivity (Wildman–Crippen MR) is 50.9 cm³/mol. The number of hydrogen-bond donors (Lipinski definition) is 0. The zero-order valence-electron chi connectivity index (χ0n) is 7.34. The monoisotopic (exact) mass is 229 g/mol. The van der Waals surface area contributed by atoms with Crippen molar-refractivity contribution in [2.75, 3.05) is 13.6 Å². The molecule has 0 radical (unpaired) electrons. The van der Waals surface area contributed by atoms with Crippen LogP contribution in [0, 0.1) is 0 Å². The second-order valence-electron chi connectivity index (χ2n) is 3.32. The Labute approximate surface area is 80.5 Å². The van der Waals surface area contributed by atoms with Crippen LogP contribution in [0.25, 0.3) is 0 Å². The molecule has 12 heavy (non-hydrogen) atoms. The number of imidazole rings is 1. The molecule has 1 aliphatic rings. The van der Waals surface area contributed by atoms with Crippen molar-refractivity contribution in [3.63, 3.8) is 0 Å². The van der Waals surface area contributed by atoms with Crippen molar-refractivity contribution in [3.8, 4) is 0 Å². The van der Waals surface area contributed by atoms with Crippen LogP contribution in [-0.2, 0) is 20.0 Å². The third-order valence-corrected chi connectivity index (χ3v) is 3.10. The van der Waals surface area contributed by atoms with Crippen LogP contribution >= 0.6 is 15.9 Å². The van der Waals surface area contributed by atoms with Crippen LogP contribution < -0.4 is 0 Å². The Bertz CT molecular complexity index is 305. The van der Waals surface area contributed by atoms with Crippen molar-refractivity contribution < 1.29 is 0 Å². The van der Waals surface area contributed by atoms with Crippen LogP contribution in [0.5, 0.6) is 0 Å². The van der Waals surface area contributed by atoms with Gasteiger partial charge in [0.15, 0.2) is 4.73 Å². The normalized spacial score (nSPS) is 17.9. The minimum Gasteiger partial charge on any atom is -0.325 e. The Morgan fingerprint density at radius 2 is 2.17 bits per heavy atom. The third kappa shape index (κ3) is 1.19. The number of halogens is 1. The molecule has 2 rings (SSSR count). The summed E-state index contributed by atoms with van der Waals surface area (Å²) < 4.78 is 3.07. The minimum absolute atomic E-state index is 0.947. The molecule has 0 bridgehead atoms. The molecule has 4 heteroatoms. The van der Waals surface area contributed by atoms with E-state index in [-0.39, 0.29) is 0 Å². The summed E-state index contributed by atoms with van der Waals surface area (Å²) in [5, 5.41) is 0. The topological polar surface area (TPSA) is 21.1 Å². The molecule has 0 fully saturated rings. The highest BCUT2D eigenvalue weighted by molar-refractivity contribution is 9.10. The maximum atomic E-state index is 4.44. The molecule has 1 aromatic rings. The predicted octanol–water partition coefficient (Wildman–Crippen LogP) is 1.17. The average molecular weight is 230 g/mol. The smallest absolute Gasteiger partial charge is 0.177 e. The first-order chi connectivity index (χ1) is 5.68. The van der Waals surface area contributed by atoms with Gasteiger partial charge in [0, 0.05) is 32.3 Å². The van der Waals surface area contributed by atoms with E-state index in [1.54, 1.807) is 0 Å². The summed E-state index contributed by atoms with van der Waals surface area (Å²) in [6.07, 6.45) is 1.11. The van der Waals surface area contributed by atoms with E-state index in [1.165, 1.54) is 11.4 Å². The van der Waals surface area contributed by atoms with E-state index in [1.807, 2.05) is 0 Å². The fraction of sp³-hybridized carbons (Fsp3) is 0.625. The summed E-state index contributed by atoms with van der Waals surface area (Å²) in [6, 6.07) is 0. The molecule has 0 aliphatic carbocycles. The Kier molecular flexibility index (Phi) is 1.96. The van der Waals surface area contributed by atoms with Gasteiger partial charge in [-0.1, -0.05) is 0 Å². The number of fused-ring (bicyclic) bond motifs is 1. The molecule has 1 aromatic heterocycles. The molecule has 0 aromatic carbocycles. The van der Waals surface area contributed by atoms with Gasteiger partial charge in [0.2, 0.25) is 0 Å². The standard InChI is InChI=1S/C8H12BrN3/c1-11-4-3-7-6(5-11)10-8(9)12(7)2/h3-5H2,1-2H3. The Balaban J connectivity index is 2.43. The maximum Gasteiger partial charge on any atom is 0.177 e. The molecule has 0 atom stereocenters. The lowest BCUT2D eigenvalue weighted by molar-refractivity contribution is 0.305. The minimum atomic E-state index is 0.947. The van der Waals surface area contributed by atoms with E-state index in [4.69, 9.17) is 0 Å². The van der Waals surface area contributed by atoms with Crippen molar-refractivity contribution >= 4 is 15.9 Å². The quantitative estimate of drug-likeness (QED) is 0.667. The lowest BCUT2D eigenvalue weighted by atomic mass is 10.1. The molecule has 0 unspecified atom stereocenters. The maximum absolute atomic E-state index is 4.44. The zero-order chi connectivity index (χ0) is 8.72. The summed E-state index contributed by atoms with van der Waals surface area (Å²) in [5.74, 6) is 0. The SMILES string of the molecule is CN1CCc2c(nc(Br)n2C)C1. The van der Waals surface area contributed by atoms with E-state index in [2.05, 4.69) is 44.5 Å². The van der Waals surface area contributed by atoms with E-state index in [0.717, 1.165) is 24.2 Å². The molecule has 3 nitrogen and oxygen atoms in total. The molecular weight excluding hydrogens is 218 g/mol. The highest BCUT2D eigenvalue weighted by Gasteiger charge is 2.19. The Hall–Kier alpha value is -0.350. The second-order valence-corrected chi connectivity index (χ2v) is 4.03. The van der Waals surface area contributed by atoms with Gasteiger partial charge in [-0.2, -0.15) is 0 Å². The van der Waals surface area contributed by atoms with Crippen LogP contribution in [0.4, 0.5) is 0 Å². The van der Waals surface area contributed by atoms with Crippen molar-refractivity contribution in [1.29, 1.82) is 0 Å². The van der Waals surface area contributed by atoms with Crippen molar-refractivity contribution in [2.45, 2.75) is 13.0 Å². The molecular formula is C8H12BrN3. The average Bonchev–Trinajstić information content (AvgIpc) is 2.28. The van der Waals surface area contributed by atoms with Gasteiger partial charge in [-0.25, -0.2) is 4.98 Å². The fourth-order valence-corrected chi connectivity index (χ4v) is 2.05. The molecule has 0 spiro atoms. The summed E-state index contributed by atoms with van der Waals surface area (Å²) in [6.45, 7) is 2.12. The summed E-state index contributed by atoms with van der Waals surface area (Å²) in [4.78, 5) is 6.73. The van der Waals surface area contributed by atoms with Crippen molar-refractivity contribution in [3.05, 3.63) is 16.1 Å². The van der Waals surface area contributed by atoms with E-state index in [0.29, 0.717) is 0 Å². The lowest BCUT2D eigenvalue weighted by Gasteiger charge is -2.21. The van der Waals surface area contributed by atoms with Gasteiger partial charge in [-0.15, -0.1) is 0 Å². The summed E-state index contributed by atoms with van der Waals surface area (Å²) in [5.41, 5.74) is 2.60. The molecule has 0 N–H and O–H groups in total. The van der Waals surface area contributed by atoms with Gasteiger partial charge in [0.05, 0.1) is 5.69 Å². The van der Waals surface area contributed by atoms with Crippen LogP contribution in [0.1, 0.15) is 11.4 Å². The number of aromatic nitrogens is 2. The summed E-state index contributed by atoms with van der Waals surface area (Å²) in [7, 11) is 4.19. The molecule has 2 heterocycles. The van der Waals surface area contributed by atoms with E-state index < -0.39 is 0 Å². The molecule has 1 aliphatic heterocycles. The largest absolute Gasteiger partial charge is 0.325 e. The van der Waals surface area contributed by atoms with Crippen molar-refractivity contribution in [2.24, 2.45) is 7.05 Å². The lowest BCUT2D eigenvalue weighted by Crippen LogP contribution is -2.27. The Morgan fingerprint density at radius 3 is 2.92 bits per heavy atom. The number of hydrogen-bond acceptors (Lipinski definition) is 2. The number of rotatable bonds is 0. The van der Waals surface area contributed by atoms with Gasteiger partial charge >= 0.3 is 0 Å². The second kappa shape index (κ2) is 2.85. The number of likely N-dealkylation sites (N-methyl/N-ethyl adjacent to an activating group) is 1. The molecule has 0 amide bonds. The van der Waals surface area contributed by atoms with Gasteiger partial charge in [0.25, 0.3) is 0 Å². The fourth-order valence-electron chi connectivity index (χ4n) is 1.63. The van der Waals surface area contributed by atoms with Crippen LogP contribution in [0.15, 0.2) is 4.73 Å². The zero-order valence-corrected chi connectivity index (χ0v) is 8.93. The first-order valence-corrected chi connectivity index (χ1v) is 4.86. The third-order valence-electron chi connectivity index (χ3n) is 2.39. The van der Waals surface area contributed by atoms with Crippen LogP contribution in [0.2, 0.25) is 0 Å². The van der Waals surface area contributed by atoms with Crippen LogP contribution in [0.3, 0.4) is 0 Å². The first kappa shape index (κ1) is 8.26. The highest BCUT2D eigenvalue weighted by Crippen LogP contribution is 2.20. The van der Waals surface area contributed by atoms with Gasteiger partial charge in [-0.05, 0) is 23.0 Å². The van der Waals surface area contributed by atoms with E-state index in [9.17, 15) is 0 Å². The van der Waals surface area contributed by atoms with Crippen LogP contribution in [-0.4, -0.2) is 28.0 Å². The van der Waals surface area contributed by atoms with Gasteiger partial charge in [0.1, 0.15) is 0 Å². The number of nitrogens with zero attached hydrogens (tertiary/aromatic N) is 3. The van der Waals surface area contributed by atoms with Crippen molar-refractivity contribution in [1.82, 2.24) is 14.5 Å².